The van der Waals surface area contributed by atoms with Gasteiger partial charge in [0, 0.05) is 5.56 Å². The fourth-order valence-corrected chi connectivity index (χ4v) is 3.09. The van der Waals surface area contributed by atoms with Crippen molar-refractivity contribution in [2.24, 2.45) is 0 Å². The van der Waals surface area contributed by atoms with Crippen molar-refractivity contribution >= 4 is 46.6 Å². The molecule has 26 heavy (non-hydrogen) atoms. The zero-order valence-electron chi connectivity index (χ0n) is 13.1. The highest BCUT2D eigenvalue weighted by molar-refractivity contribution is 7.99. The minimum absolute atomic E-state index is 0.0432. The second-order valence-electron chi connectivity index (χ2n) is 5.12. The zero-order chi connectivity index (χ0) is 18.7. The van der Waals surface area contributed by atoms with Crippen molar-refractivity contribution in [3.8, 4) is 11.4 Å². The van der Waals surface area contributed by atoms with E-state index < -0.39 is 0 Å². The largest absolute Gasteiger partial charge is 0.335 e. The number of thioether (sulfide) groups is 1. The normalized spacial score (nSPS) is 10.7. The van der Waals surface area contributed by atoms with Crippen LogP contribution in [-0.2, 0) is 4.79 Å². The molecule has 0 fully saturated rings. The molecule has 1 heterocycles. The summed E-state index contributed by atoms with van der Waals surface area (Å²) in [7, 11) is 0. The standard InChI is InChI=1S/C16H12Cl2FN5OS/c17-11-2-1-3-12(14(11)18)21-13(25)8-26-16-23-22-15(24(16)20)9-4-6-10(19)7-5-9/h1-7H,8,20H2,(H,21,25). The van der Waals surface area contributed by atoms with Crippen LogP contribution in [0.15, 0.2) is 47.6 Å². The number of carbonyl (C=O) groups is 1. The number of amides is 1. The van der Waals surface area contributed by atoms with Crippen molar-refractivity contribution in [1.82, 2.24) is 14.9 Å². The van der Waals surface area contributed by atoms with Crippen LogP contribution in [0.25, 0.3) is 11.4 Å². The molecule has 0 saturated carbocycles. The summed E-state index contributed by atoms with van der Waals surface area (Å²) in [6.45, 7) is 0. The lowest BCUT2D eigenvalue weighted by Crippen LogP contribution is -2.16. The molecule has 10 heteroatoms. The van der Waals surface area contributed by atoms with Gasteiger partial charge in [-0.15, -0.1) is 10.2 Å². The van der Waals surface area contributed by atoms with Gasteiger partial charge in [-0.05, 0) is 36.4 Å². The van der Waals surface area contributed by atoms with Crippen molar-refractivity contribution in [3.05, 3.63) is 58.3 Å². The summed E-state index contributed by atoms with van der Waals surface area (Å²) in [6, 6.07) is 10.7. The molecule has 6 nitrogen and oxygen atoms in total. The van der Waals surface area contributed by atoms with E-state index in [0.29, 0.717) is 27.3 Å². The number of rotatable bonds is 5. The molecule has 0 atom stereocenters. The van der Waals surface area contributed by atoms with Gasteiger partial charge in [0.2, 0.25) is 11.1 Å². The second-order valence-corrected chi connectivity index (χ2v) is 6.85. The Morgan fingerprint density at radius 3 is 2.65 bits per heavy atom. The lowest BCUT2D eigenvalue weighted by Gasteiger charge is -2.08. The summed E-state index contributed by atoms with van der Waals surface area (Å²) < 4.78 is 14.3. The lowest BCUT2D eigenvalue weighted by molar-refractivity contribution is -0.113. The van der Waals surface area contributed by atoms with Crippen LogP contribution in [-0.4, -0.2) is 26.5 Å². The monoisotopic (exact) mass is 411 g/mol. The molecule has 0 saturated heterocycles. The number of nitrogens with one attached hydrogen (secondary N) is 1. The fraction of sp³-hybridized carbons (Fsp3) is 0.0625. The molecule has 2 aromatic carbocycles. The number of hydrogen-bond acceptors (Lipinski definition) is 5. The third kappa shape index (κ3) is 4.09. The maximum Gasteiger partial charge on any atom is 0.234 e. The average Bonchev–Trinajstić information content (AvgIpc) is 2.99. The van der Waals surface area contributed by atoms with Gasteiger partial charge in [-0.25, -0.2) is 9.07 Å². The molecule has 3 aromatic rings. The topological polar surface area (TPSA) is 85.8 Å². The van der Waals surface area contributed by atoms with E-state index in [9.17, 15) is 9.18 Å². The smallest absolute Gasteiger partial charge is 0.234 e. The molecule has 0 spiro atoms. The molecular weight excluding hydrogens is 400 g/mol. The fourth-order valence-electron chi connectivity index (χ4n) is 2.09. The summed E-state index contributed by atoms with van der Waals surface area (Å²) >= 11 is 13.1. The van der Waals surface area contributed by atoms with E-state index in [4.69, 9.17) is 29.0 Å². The van der Waals surface area contributed by atoms with Crippen molar-refractivity contribution < 1.29 is 9.18 Å². The van der Waals surface area contributed by atoms with Crippen LogP contribution in [0, 0.1) is 5.82 Å². The first kappa shape index (κ1) is 18.5. The first-order chi connectivity index (χ1) is 12.5. The Kier molecular flexibility index (Phi) is 5.65. The van der Waals surface area contributed by atoms with Gasteiger partial charge in [0.15, 0.2) is 5.82 Å². The van der Waals surface area contributed by atoms with Gasteiger partial charge in [0.1, 0.15) is 5.82 Å². The molecule has 0 aliphatic heterocycles. The molecule has 0 aliphatic rings. The van der Waals surface area contributed by atoms with Crippen LogP contribution in [0.5, 0.6) is 0 Å². The maximum atomic E-state index is 13.0. The van der Waals surface area contributed by atoms with E-state index in [2.05, 4.69) is 15.5 Å². The number of nitrogen functional groups attached to an aromatic ring is 1. The highest BCUT2D eigenvalue weighted by atomic mass is 35.5. The first-order valence-electron chi connectivity index (χ1n) is 7.29. The molecule has 0 radical (unpaired) electrons. The van der Waals surface area contributed by atoms with E-state index in [1.54, 1.807) is 30.3 Å². The van der Waals surface area contributed by atoms with E-state index in [-0.39, 0.29) is 22.5 Å². The number of anilines is 1. The van der Waals surface area contributed by atoms with Crippen molar-refractivity contribution in [1.29, 1.82) is 0 Å². The lowest BCUT2D eigenvalue weighted by atomic mass is 10.2. The van der Waals surface area contributed by atoms with E-state index in [1.165, 1.54) is 16.8 Å². The zero-order valence-corrected chi connectivity index (χ0v) is 15.4. The van der Waals surface area contributed by atoms with Crippen LogP contribution in [0.4, 0.5) is 10.1 Å². The molecule has 1 aromatic heterocycles. The van der Waals surface area contributed by atoms with Crippen molar-refractivity contribution in [2.45, 2.75) is 5.16 Å². The minimum atomic E-state index is -0.359. The van der Waals surface area contributed by atoms with Gasteiger partial charge in [-0.2, -0.15) is 0 Å². The third-order valence-electron chi connectivity index (χ3n) is 3.33. The quantitative estimate of drug-likeness (QED) is 0.491. The highest BCUT2D eigenvalue weighted by Gasteiger charge is 2.15. The highest BCUT2D eigenvalue weighted by Crippen LogP contribution is 2.30. The number of hydrogen-bond donors (Lipinski definition) is 2. The summed E-state index contributed by atoms with van der Waals surface area (Å²) in [6.07, 6.45) is 0. The van der Waals surface area contributed by atoms with Gasteiger partial charge >= 0.3 is 0 Å². The predicted octanol–water partition coefficient (Wildman–Crippen LogP) is 3.84. The SMILES string of the molecule is Nn1c(SCC(=O)Nc2cccc(Cl)c2Cl)nnc1-c1ccc(F)cc1. The third-order valence-corrected chi connectivity index (χ3v) is 5.09. The molecule has 0 unspecified atom stereocenters. The van der Waals surface area contributed by atoms with E-state index >= 15 is 0 Å². The Morgan fingerprint density at radius 2 is 1.92 bits per heavy atom. The maximum absolute atomic E-state index is 13.0. The summed E-state index contributed by atoms with van der Waals surface area (Å²) in [5.74, 6) is 5.71. The van der Waals surface area contributed by atoms with Crippen LogP contribution in [0.3, 0.4) is 0 Å². The number of halogens is 3. The van der Waals surface area contributed by atoms with Gasteiger partial charge in [0.25, 0.3) is 0 Å². The minimum Gasteiger partial charge on any atom is -0.335 e. The summed E-state index contributed by atoms with van der Waals surface area (Å²) in [4.78, 5) is 12.1. The van der Waals surface area contributed by atoms with Crippen molar-refractivity contribution in [2.75, 3.05) is 16.9 Å². The average molecular weight is 412 g/mol. The Morgan fingerprint density at radius 1 is 1.19 bits per heavy atom. The Labute approximate surface area is 162 Å². The molecule has 3 rings (SSSR count). The molecule has 0 aliphatic carbocycles. The van der Waals surface area contributed by atoms with Crippen molar-refractivity contribution in [3.63, 3.8) is 0 Å². The van der Waals surface area contributed by atoms with E-state index in [0.717, 1.165) is 11.8 Å². The summed E-state index contributed by atoms with van der Waals surface area (Å²) in [5.41, 5.74) is 1.04. The molecular formula is C16H12Cl2FN5OS. The number of nitrogens with two attached hydrogens (primary N) is 1. The number of nitrogens with zero attached hydrogens (tertiary/aromatic N) is 3. The van der Waals surface area contributed by atoms with Gasteiger partial charge < -0.3 is 11.2 Å². The number of benzene rings is 2. The first-order valence-corrected chi connectivity index (χ1v) is 9.03. The van der Waals surface area contributed by atoms with Crippen LogP contribution in [0.1, 0.15) is 0 Å². The molecule has 3 N–H and O–H groups in total. The summed E-state index contributed by atoms with van der Waals surface area (Å²) in [5, 5.41) is 11.6. The van der Waals surface area contributed by atoms with Crippen LogP contribution >= 0.6 is 35.0 Å². The molecule has 134 valence electrons. The van der Waals surface area contributed by atoms with Gasteiger partial charge in [0.05, 0.1) is 21.5 Å². The van der Waals surface area contributed by atoms with Crippen LogP contribution < -0.4 is 11.2 Å². The number of carbonyl (C=O) groups excluding carboxylic acids is 1. The van der Waals surface area contributed by atoms with Gasteiger partial charge in [-0.1, -0.05) is 41.0 Å². The molecule has 1 amide bonds. The Hall–Kier alpha value is -2.29. The van der Waals surface area contributed by atoms with E-state index in [1.807, 2.05) is 0 Å². The second kappa shape index (κ2) is 7.94. The molecule has 0 bridgehead atoms. The predicted molar refractivity (Wildman–Crippen MR) is 101 cm³/mol. The number of aromatic nitrogens is 3. The Bertz CT molecular complexity index is 948. The Balaban J connectivity index is 1.66. The van der Waals surface area contributed by atoms with Crippen LogP contribution in [0.2, 0.25) is 10.0 Å². The van der Waals surface area contributed by atoms with Gasteiger partial charge in [-0.3, -0.25) is 4.79 Å².